The Morgan fingerprint density at radius 2 is 0.831 bits per heavy atom. The number of hydrogen-bond donors (Lipinski definition) is 0. The van der Waals surface area contributed by atoms with E-state index in [0.29, 0.717) is 0 Å². The van der Waals surface area contributed by atoms with Gasteiger partial charge in [0.15, 0.2) is 0 Å². The van der Waals surface area contributed by atoms with E-state index >= 15 is 0 Å². The van der Waals surface area contributed by atoms with Crippen molar-refractivity contribution in [3.63, 3.8) is 0 Å². The molecule has 3 heterocycles. The number of hydrogen-bond acceptors (Lipinski definition) is 4. The Hall–Kier alpha value is -5.91. The molecule has 0 fully saturated rings. The van der Waals surface area contributed by atoms with Gasteiger partial charge in [-0.25, -0.2) is 4.98 Å². The first-order valence-corrected chi connectivity index (χ1v) is 24.2. The summed E-state index contributed by atoms with van der Waals surface area (Å²) in [5.74, 6) is 0. The molecule has 1 aromatic heterocycles. The molecular formula is C60H62BN3S. The number of thiazole rings is 1. The normalized spacial score (nSPS) is 13.8. The Bertz CT molecular complexity index is 3110. The summed E-state index contributed by atoms with van der Waals surface area (Å²) in [5.41, 5.74) is 22.6. The Morgan fingerprint density at radius 3 is 1.32 bits per heavy atom. The molecule has 0 saturated heterocycles. The molecule has 0 bridgehead atoms. The van der Waals surface area contributed by atoms with Crippen LogP contribution in [0.1, 0.15) is 111 Å². The van der Waals surface area contributed by atoms with Crippen molar-refractivity contribution in [2.75, 3.05) is 9.80 Å². The van der Waals surface area contributed by atoms with Crippen molar-refractivity contribution >= 4 is 78.8 Å². The van der Waals surface area contributed by atoms with Crippen molar-refractivity contribution in [3.05, 3.63) is 167 Å². The molecule has 0 amide bonds. The van der Waals surface area contributed by atoms with Gasteiger partial charge in [0.25, 0.3) is 6.71 Å². The Labute approximate surface area is 392 Å². The number of nitrogens with zero attached hydrogens (tertiary/aromatic N) is 3. The maximum atomic E-state index is 5.44. The van der Waals surface area contributed by atoms with Crippen LogP contribution in [0.25, 0.3) is 31.9 Å². The molecule has 7 aromatic carbocycles. The van der Waals surface area contributed by atoms with Gasteiger partial charge in [-0.3, -0.25) is 0 Å². The van der Waals surface area contributed by atoms with Gasteiger partial charge in [0.2, 0.25) is 0 Å². The molecule has 5 heteroatoms. The zero-order valence-corrected chi connectivity index (χ0v) is 41.4. The van der Waals surface area contributed by atoms with Crippen LogP contribution in [0.15, 0.2) is 140 Å². The molecule has 0 saturated carbocycles. The number of rotatable bonds is 4. The highest BCUT2D eigenvalue weighted by molar-refractivity contribution is 7.21. The quantitative estimate of drug-likeness (QED) is 0.164. The van der Waals surface area contributed by atoms with Gasteiger partial charge < -0.3 is 9.80 Å². The predicted molar refractivity (Wildman–Crippen MR) is 284 cm³/mol. The molecule has 65 heavy (non-hydrogen) atoms. The van der Waals surface area contributed by atoms with Gasteiger partial charge in [0.05, 0.1) is 10.2 Å². The highest BCUT2D eigenvalue weighted by atomic mass is 32.1. The average molecular weight is 868 g/mol. The molecule has 3 nitrogen and oxygen atoms in total. The maximum absolute atomic E-state index is 5.44. The largest absolute Gasteiger partial charge is 0.311 e. The van der Waals surface area contributed by atoms with E-state index in [1.807, 2.05) is 0 Å². The summed E-state index contributed by atoms with van der Waals surface area (Å²) in [4.78, 5) is 10.5. The van der Waals surface area contributed by atoms with E-state index in [4.69, 9.17) is 4.98 Å². The lowest BCUT2D eigenvalue weighted by atomic mass is 9.33. The van der Waals surface area contributed by atoms with E-state index in [-0.39, 0.29) is 28.4 Å². The summed E-state index contributed by atoms with van der Waals surface area (Å²) >= 11 is 1.79. The van der Waals surface area contributed by atoms with Gasteiger partial charge in [-0.2, -0.15) is 0 Å². The molecule has 0 N–H and O–H groups in total. The minimum Gasteiger partial charge on any atom is -0.311 e. The van der Waals surface area contributed by atoms with Crippen molar-refractivity contribution in [1.29, 1.82) is 0 Å². The SMILES string of the molecule is Cc1cc2c3c(c1)N(c1ccc(C(C)(C)C)cc1)c1cc4sc(-c5ccc(-c6ccc(C(C)(C)C)cc6)cc5)nc4cc1B3c1cc(C(C)(C)C)ccc1N2c1ccc(C(C)(C)C)cc1. The molecule has 2 aliphatic heterocycles. The van der Waals surface area contributed by atoms with Crippen molar-refractivity contribution in [2.45, 2.75) is 112 Å². The fraction of sp³-hybridized carbons (Fsp3) is 0.283. The van der Waals surface area contributed by atoms with Crippen LogP contribution < -0.4 is 26.2 Å². The third-order valence-corrected chi connectivity index (χ3v) is 14.9. The molecule has 0 aliphatic carbocycles. The fourth-order valence-corrected chi connectivity index (χ4v) is 10.9. The van der Waals surface area contributed by atoms with Gasteiger partial charge in [-0.1, -0.05) is 168 Å². The maximum Gasteiger partial charge on any atom is 0.252 e. The zero-order valence-electron chi connectivity index (χ0n) is 40.6. The van der Waals surface area contributed by atoms with Gasteiger partial charge in [0.1, 0.15) is 5.01 Å². The van der Waals surface area contributed by atoms with Crippen LogP contribution in [-0.4, -0.2) is 11.7 Å². The van der Waals surface area contributed by atoms with Crippen molar-refractivity contribution in [2.24, 2.45) is 0 Å². The average Bonchev–Trinajstić information content (AvgIpc) is 3.67. The van der Waals surface area contributed by atoms with Gasteiger partial charge in [-0.05, 0) is 139 Å². The second-order valence-electron chi connectivity index (χ2n) is 22.7. The van der Waals surface area contributed by atoms with Crippen LogP contribution in [0.3, 0.4) is 0 Å². The van der Waals surface area contributed by atoms with Crippen molar-refractivity contribution in [1.82, 2.24) is 4.98 Å². The molecule has 0 spiro atoms. The van der Waals surface area contributed by atoms with Gasteiger partial charge in [0, 0.05) is 39.7 Å². The van der Waals surface area contributed by atoms with Crippen LogP contribution in [-0.2, 0) is 21.7 Å². The van der Waals surface area contributed by atoms with E-state index in [1.54, 1.807) is 11.3 Å². The smallest absolute Gasteiger partial charge is 0.252 e. The summed E-state index contributed by atoms with van der Waals surface area (Å²) in [5, 5.41) is 1.04. The van der Waals surface area contributed by atoms with Crippen LogP contribution in [0.4, 0.5) is 34.1 Å². The van der Waals surface area contributed by atoms with Crippen molar-refractivity contribution in [3.8, 4) is 21.7 Å². The third-order valence-electron chi connectivity index (χ3n) is 13.8. The molecule has 0 unspecified atom stereocenters. The van der Waals surface area contributed by atoms with Crippen LogP contribution >= 0.6 is 11.3 Å². The van der Waals surface area contributed by atoms with Crippen LogP contribution in [0.5, 0.6) is 0 Å². The van der Waals surface area contributed by atoms with Gasteiger partial charge in [-0.15, -0.1) is 11.3 Å². The molecule has 10 rings (SSSR count). The Balaban J connectivity index is 1.18. The Kier molecular flexibility index (Phi) is 9.97. The molecular weight excluding hydrogens is 806 g/mol. The summed E-state index contributed by atoms with van der Waals surface area (Å²) in [6.07, 6.45) is 0. The van der Waals surface area contributed by atoms with Crippen LogP contribution in [0, 0.1) is 6.92 Å². The van der Waals surface area contributed by atoms with E-state index in [0.717, 1.165) is 21.8 Å². The molecule has 326 valence electrons. The second-order valence-corrected chi connectivity index (χ2v) is 23.8. The van der Waals surface area contributed by atoms with Gasteiger partial charge >= 0.3 is 0 Å². The lowest BCUT2D eigenvalue weighted by Crippen LogP contribution is -2.61. The summed E-state index contributed by atoms with van der Waals surface area (Å²) < 4.78 is 1.19. The summed E-state index contributed by atoms with van der Waals surface area (Å²) in [6.45, 7) is 29.8. The lowest BCUT2D eigenvalue weighted by Gasteiger charge is -2.44. The molecule has 2 aliphatic rings. The number of anilines is 6. The number of aryl methyl sites for hydroxylation is 1. The minimum atomic E-state index is -0.0257. The topological polar surface area (TPSA) is 19.4 Å². The minimum absolute atomic E-state index is 0.00148. The lowest BCUT2D eigenvalue weighted by molar-refractivity contribution is 0.590. The summed E-state index contributed by atoms with van der Waals surface area (Å²) in [7, 11) is 0. The molecule has 0 radical (unpaired) electrons. The fourth-order valence-electron chi connectivity index (χ4n) is 9.89. The summed E-state index contributed by atoms with van der Waals surface area (Å²) in [6, 6.07) is 53.5. The molecule has 0 atom stereocenters. The first kappa shape index (κ1) is 43.0. The van der Waals surface area contributed by atoms with E-state index < -0.39 is 0 Å². The van der Waals surface area contributed by atoms with E-state index in [1.165, 1.54) is 88.5 Å². The highest BCUT2D eigenvalue weighted by Gasteiger charge is 2.44. The number of fused-ring (bicyclic) bond motifs is 5. The third kappa shape index (κ3) is 7.60. The Morgan fingerprint density at radius 1 is 0.415 bits per heavy atom. The monoisotopic (exact) mass is 867 g/mol. The van der Waals surface area contributed by atoms with E-state index in [9.17, 15) is 0 Å². The standard InChI is InChI=1S/C60H62BN3S/c1-37-32-52-55-53(33-37)64(46-29-24-43(25-30-46)59(8,9)10)51-36-54-49(62-56(65-54)40-16-14-38(15-17-40)39-18-20-41(21-19-39)57(2,3)4)35-48(51)61(55)47-34-44(60(11,12)13)26-31-50(47)63(52)45-27-22-42(23-28-45)58(5,6)7/h14-36H,1-13H3. The zero-order chi connectivity index (χ0) is 46.0. The highest BCUT2D eigenvalue weighted by Crippen LogP contribution is 2.47. The number of aromatic nitrogens is 1. The second kappa shape index (κ2) is 15.1. The van der Waals surface area contributed by atoms with E-state index in [2.05, 4.69) is 239 Å². The van der Waals surface area contributed by atoms with Crippen LogP contribution in [0.2, 0.25) is 0 Å². The first-order chi connectivity index (χ1) is 30.6. The molecule has 8 aromatic rings. The number of benzene rings is 7. The predicted octanol–water partition coefficient (Wildman–Crippen LogP) is 15.2. The van der Waals surface area contributed by atoms with Crippen molar-refractivity contribution < 1.29 is 0 Å². The first-order valence-electron chi connectivity index (χ1n) is 23.4.